The van der Waals surface area contributed by atoms with Gasteiger partial charge in [-0.1, -0.05) is 6.92 Å². The zero-order chi connectivity index (χ0) is 12.4. The Morgan fingerprint density at radius 3 is 2.94 bits per heavy atom. The number of pyridine rings is 1. The van der Waals surface area contributed by atoms with Crippen LogP contribution in [0, 0.1) is 6.92 Å². The molecule has 98 valence electrons. The van der Waals surface area contributed by atoms with Crippen molar-refractivity contribution in [3.63, 3.8) is 0 Å². The van der Waals surface area contributed by atoms with Crippen molar-refractivity contribution in [2.24, 2.45) is 0 Å². The Morgan fingerprint density at radius 1 is 1.56 bits per heavy atom. The minimum Gasteiger partial charge on any atom is -0.397 e. The molecule has 2 rings (SSSR count). The first kappa shape index (κ1) is 14.2. The van der Waals surface area contributed by atoms with Gasteiger partial charge in [-0.3, -0.25) is 9.89 Å². The molecule has 18 heavy (non-hydrogen) atoms. The van der Waals surface area contributed by atoms with Gasteiger partial charge in [0, 0.05) is 12.1 Å². The topological polar surface area (TPSA) is 96.7 Å². The highest BCUT2D eigenvalue weighted by Crippen LogP contribution is 2.23. The van der Waals surface area contributed by atoms with Gasteiger partial charge in [0.1, 0.15) is 11.0 Å². The van der Waals surface area contributed by atoms with E-state index in [-0.39, 0.29) is 18.3 Å². The number of nitrogens with one attached hydrogen (secondary N) is 2. The van der Waals surface area contributed by atoms with E-state index in [0.717, 1.165) is 12.1 Å². The lowest BCUT2D eigenvalue weighted by atomic mass is 10.2. The predicted molar refractivity (Wildman–Crippen MR) is 73.8 cm³/mol. The third-order valence-corrected chi connectivity index (χ3v) is 2.42. The number of nitrogens with zero attached hydrogens (tertiary/aromatic N) is 2. The number of aromatic amines is 1. The molecule has 6 nitrogen and oxygen atoms in total. The molecule has 2 heterocycles. The van der Waals surface area contributed by atoms with Crippen LogP contribution in [0.25, 0.3) is 11.0 Å². The number of carbonyl (C=O) groups is 1. The Bertz CT molecular complexity index is 566. The molecule has 2 aromatic rings. The zero-order valence-electron chi connectivity index (χ0n) is 10.3. The van der Waals surface area contributed by atoms with Crippen molar-refractivity contribution in [1.29, 1.82) is 0 Å². The summed E-state index contributed by atoms with van der Waals surface area (Å²) in [5.74, 6) is 0.372. The fraction of sp³-hybridized carbons (Fsp3) is 0.364. The third-order valence-electron chi connectivity index (χ3n) is 2.42. The quantitative estimate of drug-likeness (QED) is 0.794. The smallest absolute Gasteiger partial charge is 0.225 e. The van der Waals surface area contributed by atoms with Crippen LogP contribution in [0.15, 0.2) is 6.07 Å². The SMILES string of the molecule is CCCC(=O)Nc1n[nH]c2c(N)cc(C)nc12.Cl. The molecule has 0 atom stereocenters. The van der Waals surface area contributed by atoms with E-state index < -0.39 is 0 Å². The van der Waals surface area contributed by atoms with Gasteiger partial charge in [0.05, 0.1) is 5.69 Å². The maximum absolute atomic E-state index is 11.5. The molecule has 0 fully saturated rings. The average Bonchev–Trinajstić information content (AvgIpc) is 2.62. The van der Waals surface area contributed by atoms with Crippen LogP contribution in [0.3, 0.4) is 0 Å². The number of fused-ring (bicyclic) bond motifs is 1. The molecule has 7 heteroatoms. The minimum absolute atomic E-state index is 0. The van der Waals surface area contributed by atoms with Crippen LogP contribution in [-0.4, -0.2) is 21.1 Å². The monoisotopic (exact) mass is 269 g/mol. The average molecular weight is 270 g/mol. The van der Waals surface area contributed by atoms with Crippen molar-refractivity contribution in [2.45, 2.75) is 26.7 Å². The van der Waals surface area contributed by atoms with Gasteiger partial charge in [-0.15, -0.1) is 12.4 Å². The van der Waals surface area contributed by atoms with Gasteiger partial charge in [-0.05, 0) is 19.4 Å². The summed E-state index contributed by atoms with van der Waals surface area (Å²) in [6, 6.07) is 1.76. The molecule has 1 amide bonds. The highest BCUT2D eigenvalue weighted by Gasteiger charge is 2.12. The molecule has 0 aliphatic heterocycles. The lowest BCUT2D eigenvalue weighted by Crippen LogP contribution is -2.11. The summed E-state index contributed by atoms with van der Waals surface area (Å²) in [4.78, 5) is 15.8. The summed E-state index contributed by atoms with van der Waals surface area (Å²) in [5.41, 5.74) is 8.47. The Balaban J connectivity index is 0.00000162. The number of hydrogen-bond donors (Lipinski definition) is 3. The first-order valence-electron chi connectivity index (χ1n) is 5.53. The molecule has 0 aromatic carbocycles. The molecule has 0 aliphatic rings. The summed E-state index contributed by atoms with van der Waals surface area (Å²) >= 11 is 0. The largest absolute Gasteiger partial charge is 0.397 e. The van der Waals surface area contributed by atoms with Crippen molar-refractivity contribution in [3.05, 3.63) is 11.8 Å². The van der Waals surface area contributed by atoms with E-state index in [9.17, 15) is 4.79 Å². The summed E-state index contributed by atoms with van der Waals surface area (Å²) in [6.45, 7) is 3.79. The molecular weight excluding hydrogens is 254 g/mol. The fourth-order valence-corrected chi connectivity index (χ4v) is 1.66. The number of nitrogen functional groups attached to an aromatic ring is 1. The molecule has 0 unspecified atom stereocenters. The number of rotatable bonds is 3. The molecule has 4 N–H and O–H groups in total. The Kier molecular flexibility index (Phi) is 4.49. The first-order chi connectivity index (χ1) is 8.11. The summed E-state index contributed by atoms with van der Waals surface area (Å²) in [7, 11) is 0. The Labute approximate surface area is 111 Å². The van der Waals surface area contributed by atoms with Crippen LogP contribution >= 0.6 is 12.4 Å². The van der Waals surface area contributed by atoms with Crippen LogP contribution in [0.1, 0.15) is 25.5 Å². The normalized spacial score (nSPS) is 10.1. The number of aryl methyl sites for hydroxylation is 1. The molecule has 0 aliphatic carbocycles. The number of carbonyl (C=O) groups excluding carboxylic acids is 1. The second kappa shape index (κ2) is 5.68. The minimum atomic E-state index is -0.0669. The summed E-state index contributed by atoms with van der Waals surface area (Å²) in [5, 5.41) is 9.52. The summed E-state index contributed by atoms with van der Waals surface area (Å²) in [6.07, 6.45) is 1.26. The number of anilines is 2. The maximum Gasteiger partial charge on any atom is 0.225 e. The van der Waals surface area contributed by atoms with Crippen molar-refractivity contribution in [1.82, 2.24) is 15.2 Å². The number of amides is 1. The Morgan fingerprint density at radius 2 is 2.28 bits per heavy atom. The second-order valence-electron chi connectivity index (χ2n) is 3.95. The fourth-order valence-electron chi connectivity index (χ4n) is 1.66. The Hall–Kier alpha value is -1.82. The van der Waals surface area contributed by atoms with Crippen LogP contribution in [0.4, 0.5) is 11.5 Å². The van der Waals surface area contributed by atoms with E-state index in [2.05, 4.69) is 20.5 Å². The van der Waals surface area contributed by atoms with Crippen LogP contribution in [0.2, 0.25) is 0 Å². The van der Waals surface area contributed by atoms with Crippen LogP contribution in [0.5, 0.6) is 0 Å². The number of aromatic nitrogens is 3. The summed E-state index contributed by atoms with van der Waals surface area (Å²) < 4.78 is 0. The van der Waals surface area contributed by atoms with Gasteiger partial charge in [0.25, 0.3) is 0 Å². The van der Waals surface area contributed by atoms with Crippen molar-refractivity contribution < 1.29 is 4.79 Å². The number of halogens is 1. The van der Waals surface area contributed by atoms with Crippen LogP contribution < -0.4 is 11.1 Å². The molecule has 0 saturated heterocycles. The predicted octanol–water partition coefficient (Wildman–Crippen LogP) is 2.01. The maximum atomic E-state index is 11.5. The van der Waals surface area contributed by atoms with E-state index in [1.54, 1.807) is 6.07 Å². The molecule has 0 radical (unpaired) electrons. The van der Waals surface area contributed by atoms with Gasteiger partial charge in [0.2, 0.25) is 5.91 Å². The van der Waals surface area contributed by atoms with Crippen LogP contribution in [-0.2, 0) is 4.79 Å². The highest BCUT2D eigenvalue weighted by molar-refractivity contribution is 6.00. The number of H-pyrrole nitrogens is 1. The molecule has 0 bridgehead atoms. The van der Waals surface area contributed by atoms with Gasteiger partial charge in [-0.25, -0.2) is 4.98 Å². The number of hydrogen-bond acceptors (Lipinski definition) is 4. The molecule has 2 aromatic heterocycles. The number of nitrogens with two attached hydrogens (primary N) is 1. The standard InChI is InChI=1S/C11H15N5O.ClH/c1-3-4-8(17)14-11-10-9(15-16-11)7(12)5-6(2)13-10;/h5H,3-4H2,1-2H3,(H2,12,13)(H2,14,15,16,17);1H. The van der Waals surface area contributed by atoms with Crippen molar-refractivity contribution >= 4 is 40.9 Å². The van der Waals surface area contributed by atoms with E-state index >= 15 is 0 Å². The molecular formula is C11H16ClN5O. The lowest BCUT2D eigenvalue weighted by molar-refractivity contribution is -0.116. The third kappa shape index (κ3) is 2.70. The van der Waals surface area contributed by atoms with E-state index in [0.29, 0.717) is 29.0 Å². The molecule has 0 spiro atoms. The van der Waals surface area contributed by atoms with Gasteiger partial charge in [0.15, 0.2) is 5.82 Å². The van der Waals surface area contributed by atoms with Gasteiger partial charge in [-0.2, -0.15) is 5.10 Å². The van der Waals surface area contributed by atoms with Crippen molar-refractivity contribution in [3.8, 4) is 0 Å². The highest BCUT2D eigenvalue weighted by atomic mass is 35.5. The zero-order valence-corrected chi connectivity index (χ0v) is 11.1. The van der Waals surface area contributed by atoms with E-state index in [4.69, 9.17) is 5.73 Å². The van der Waals surface area contributed by atoms with Gasteiger partial charge >= 0.3 is 0 Å². The van der Waals surface area contributed by atoms with E-state index in [1.807, 2.05) is 13.8 Å². The lowest BCUT2D eigenvalue weighted by Gasteiger charge is -2.01. The molecule has 0 saturated carbocycles. The van der Waals surface area contributed by atoms with E-state index in [1.165, 1.54) is 0 Å². The van der Waals surface area contributed by atoms with Gasteiger partial charge < -0.3 is 11.1 Å². The van der Waals surface area contributed by atoms with Crippen molar-refractivity contribution in [2.75, 3.05) is 11.1 Å². The first-order valence-corrected chi connectivity index (χ1v) is 5.53. The second-order valence-corrected chi connectivity index (χ2v) is 3.95.